The summed E-state index contributed by atoms with van der Waals surface area (Å²) in [5.74, 6) is 0.977. The highest BCUT2D eigenvalue weighted by Gasteiger charge is 2.24. The first kappa shape index (κ1) is 11.5. The Morgan fingerprint density at radius 2 is 2.06 bits per heavy atom. The Kier molecular flexibility index (Phi) is 3.56. The molecule has 0 radical (unpaired) electrons. The highest BCUT2D eigenvalue weighted by atomic mass is 15.5. The Bertz CT molecular complexity index is 325. The van der Waals surface area contributed by atoms with E-state index in [0.29, 0.717) is 12.1 Å². The molecule has 0 bridgehead atoms. The molecular formula is C11H21N5. The Labute approximate surface area is 96.8 Å². The van der Waals surface area contributed by atoms with Gasteiger partial charge in [0.1, 0.15) is 12.2 Å². The van der Waals surface area contributed by atoms with E-state index in [9.17, 15) is 0 Å². The van der Waals surface area contributed by atoms with Gasteiger partial charge in [0, 0.05) is 19.1 Å². The van der Waals surface area contributed by atoms with Gasteiger partial charge < -0.3 is 0 Å². The van der Waals surface area contributed by atoms with E-state index in [1.807, 2.05) is 11.7 Å². The number of rotatable bonds is 3. The van der Waals surface area contributed by atoms with Crippen molar-refractivity contribution in [2.24, 2.45) is 7.05 Å². The number of nitrogens with one attached hydrogen (secondary N) is 1. The number of nitrogens with zero attached hydrogens (tertiary/aromatic N) is 4. The molecule has 1 fully saturated rings. The lowest BCUT2D eigenvalue weighted by Crippen LogP contribution is -2.51. The van der Waals surface area contributed by atoms with E-state index < -0.39 is 0 Å². The molecule has 2 heterocycles. The SMILES string of the molecule is CC1CCCC(C)N1NCc1ncnn1C. The summed E-state index contributed by atoms with van der Waals surface area (Å²) < 4.78 is 1.81. The second kappa shape index (κ2) is 4.93. The summed E-state index contributed by atoms with van der Waals surface area (Å²) in [5.41, 5.74) is 3.47. The number of piperidine rings is 1. The van der Waals surface area contributed by atoms with Gasteiger partial charge in [-0.25, -0.2) is 15.4 Å². The van der Waals surface area contributed by atoms with E-state index >= 15 is 0 Å². The predicted octanol–water partition coefficient (Wildman–Crippen LogP) is 1.08. The van der Waals surface area contributed by atoms with Crippen LogP contribution in [-0.4, -0.2) is 31.9 Å². The van der Waals surface area contributed by atoms with Crippen LogP contribution >= 0.6 is 0 Å². The van der Waals surface area contributed by atoms with Crippen LogP contribution in [0.4, 0.5) is 0 Å². The Morgan fingerprint density at radius 3 is 2.62 bits per heavy atom. The lowest BCUT2D eigenvalue weighted by molar-refractivity contribution is 0.0422. The van der Waals surface area contributed by atoms with Crippen molar-refractivity contribution in [1.82, 2.24) is 25.2 Å². The van der Waals surface area contributed by atoms with Crippen LogP contribution in [0.15, 0.2) is 6.33 Å². The Hall–Kier alpha value is -0.940. The van der Waals surface area contributed by atoms with Crippen LogP contribution in [0.25, 0.3) is 0 Å². The molecule has 1 saturated heterocycles. The molecule has 0 amide bonds. The summed E-state index contributed by atoms with van der Waals surface area (Å²) in [5, 5.41) is 6.42. The first-order valence-corrected chi connectivity index (χ1v) is 6.03. The van der Waals surface area contributed by atoms with E-state index in [-0.39, 0.29) is 0 Å². The van der Waals surface area contributed by atoms with Gasteiger partial charge in [0.2, 0.25) is 0 Å². The number of hydrogen-bond acceptors (Lipinski definition) is 4. The van der Waals surface area contributed by atoms with Crippen LogP contribution in [0.1, 0.15) is 38.9 Å². The molecular weight excluding hydrogens is 202 g/mol. The predicted molar refractivity (Wildman–Crippen MR) is 62.5 cm³/mol. The fourth-order valence-corrected chi connectivity index (χ4v) is 2.38. The second-order valence-electron chi connectivity index (χ2n) is 4.67. The average Bonchev–Trinajstić information content (AvgIpc) is 2.64. The van der Waals surface area contributed by atoms with Crippen LogP contribution in [0, 0.1) is 0 Å². The van der Waals surface area contributed by atoms with Crippen LogP contribution in [-0.2, 0) is 13.6 Å². The largest absolute Gasteiger partial charge is 0.252 e. The van der Waals surface area contributed by atoms with Crippen molar-refractivity contribution >= 4 is 0 Å². The molecule has 2 atom stereocenters. The normalized spacial score (nSPS) is 27.2. The highest BCUT2D eigenvalue weighted by molar-refractivity contribution is 4.84. The smallest absolute Gasteiger partial charge is 0.141 e. The third kappa shape index (κ3) is 2.41. The molecule has 1 aliphatic heterocycles. The van der Waals surface area contributed by atoms with Gasteiger partial charge in [-0.1, -0.05) is 6.42 Å². The van der Waals surface area contributed by atoms with Crippen molar-refractivity contribution < 1.29 is 0 Å². The molecule has 1 N–H and O–H groups in total. The van der Waals surface area contributed by atoms with Crippen molar-refractivity contribution in [3.05, 3.63) is 12.2 Å². The Balaban J connectivity index is 1.91. The molecule has 1 aliphatic rings. The van der Waals surface area contributed by atoms with Crippen molar-refractivity contribution in [3.63, 3.8) is 0 Å². The fraction of sp³-hybridized carbons (Fsp3) is 0.818. The maximum absolute atomic E-state index is 4.21. The lowest BCUT2D eigenvalue weighted by atomic mass is 10.00. The first-order valence-electron chi connectivity index (χ1n) is 6.03. The van der Waals surface area contributed by atoms with Crippen LogP contribution < -0.4 is 5.43 Å². The minimum absolute atomic E-state index is 0.608. The number of aromatic nitrogens is 3. The molecule has 5 nitrogen and oxygen atoms in total. The second-order valence-corrected chi connectivity index (χ2v) is 4.67. The van der Waals surface area contributed by atoms with Crippen LogP contribution in [0.2, 0.25) is 0 Å². The summed E-state index contributed by atoms with van der Waals surface area (Å²) in [6.07, 6.45) is 5.48. The number of aryl methyl sites for hydroxylation is 1. The molecule has 90 valence electrons. The quantitative estimate of drug-likeness (QED) is 0.833. The topological polar surface area (TPSA) is 46.0 Å². The summed E-state index contributed by atoms with van der Waals surface area (Å²) >= 11 is 0. The summed E-state index contributed by atoms with van der Waals surface area (Å²) in [6.45, 7) is 5.31. The zero-order valence-electron chi connectivity index (χ0n) is 10.3. The zero-order chi connectivity index (χ0) is 11.5. The van der Waals surface area contributed by atoms with E-state index in [4.69, 9.17) is 0 Å². The van der Waals surface area contributed by atoms with E-state index in [1.165, 1.54) is 19.3 Å². The van der Waals surface area contributed by atoms with Crippen LogP contribution in [0.5, 0.6) is 0 Å². The lowest BCUT2D eigenvalue weighted by Gasteiger charge is -2.38. The van der Waals surface area contributed by atoms with Gasteiger partial charge in [0.25, 0.3) is 0 Å². The monoisotopic (exact) mass is 223 g/mol. The van der Waals surface area contributed by atoms with Crippen molar-refractivity contribution in [2.45, 2.75) is 51.7 Å². The molecule has 0 aliphatic carbocycles. The van der Waals surface area contributed by atoms with Gasteiger partial charge in [0.05, 0.1) is 6.54 Å². The van der Waals surface area contributed by atoms with Gasteiger partial charge in [-0.2, -0.15) is 5.10 Å². The number of hydrazine groups is 1. The Morgan fingerprint density at radius 1 is 1.38 bits per heavy atom. The van der Waals surface area contributed by atoms with Gasteiger partial charge in [0.15, 0.2) is 0 Å². The van der Waals surface area contributed by atoms with E-state index in [1.54, 1.807) is 6.33 Å². The third-order valence-electron chi connectivity index (χ3n) is 3.42. The molecule has 2 unspecified atom stereocenters. The molecule has 0 saturated carbocycles. The molecule has 1 aromatic rings. The maximum Gasteiger partial charge on any atom is 0.141 e. The van der Waals surface area contributed by atoms with Crippen molar-refractivity contribution in [3.8, 4) is 0 Å². The highest BCUT2D eigenvalue weighted by Crippen LogP contribution is 2.20. The fourth-order valence-electron chi connectivity index (χ4n) is 2.38. The molecule has 1 aromatic heterocycles. The first-order chi connectivity index (χ1) is 7.68. The van der Waals surface area contributed by atoms with E-state index in [0.717, 1.165) is 12.4 Å². The summed E-state index contributed by atoms with van der Waals surface area (Å²) in [6, 6.07) is 1.22. The average molecular weight is 223 g/mol. The summed E-state index contributed by atoms with van der Waals surface area (Å²) in [4.78, 5) is 4.21. The minimum Gasteiger partial charge on any atom is -0.252 e. The van der Waals surface area contributed by atoms with Gasteiger partial charge in [-0.15, -0.1) is 0 Å². The van der Waals surface area contributed by atoms with Crippen LogP contribution in [0.3, 0.4) is 0 Å². The van der Waals surface area contributed by atoms with Crippen molar-refractivity contribution in [2.75, 3.05) is 0 Å². The zero-order valence-corrected chi connectivity index (χ0v) is 10.3. The van der Waals surface area contributed by atoms with E-state index in [2.05, 4.69) is 34.4 Å². The van der Waals surface area contributed by atoms with Gasteiger partial charge >= 0.3 is 0 Å². The van der Waals surface area contributed by atoms with Gasteiger partial charge in [-0.3, -0.25) is 4.68 Å². The molecule has 2 rings (SSSR count). The minimum atomic E-state index is 0.608. The molecule has 16 heavy (non-hydrogen) atoms. The molecule has 5 heteroatoms. The molecule has 0 spiro atoms. The molecule has 0 aromatic carbocycles. The van der Waals surface area contributed by atoms with Gasteiger partial charge in [-0.05, 0) is 26.7 Å². The maximum atomic E-state index is 4.21. The number of hydrogen-bond donors (Lipinski definition) is 1. The third-order valence-corrected chi connectivity index (χ3v) is 3.42. The van der Waals surface area contributed by atoms with Crippen molar-refractivity contribution in [1.29, 1.82) is 0 Å². The summed E-state index contributed by atoms with van der Waals surface area (Å²) in [7, 11) is 1.92. The standard InChI is InChI=1S/C11H21N5/c1-9-5-4-6-10(2)16(9)13-7-11-12-8-14-15(11)3/h8-10,13H,4-7H2,1-3H3.